The fourth-order valence-electron chi connectivity index (χ4n) is 2.71. The van der Waals surface area contributed by atoms with Crippen LogP contribution in [0.25, 0.3) is 32.9 Å². The zero-order valence-corrected chi connectivity index (χ0v) is 16.8. The van der Waals surface area contributed by atoms with Gasteiger partial charge in [-0.3, -0.25) is 4.98 Å². The van der Waals surface area contributed by atoms with Crippen LogP contribution in [-0.4, -0.2) is 22.1 Å². The minimum absolute atomic E-state index is 0.353. The van der Waals surface area contributed by atoms with Crippen molar-refractivity contribution in [2.75, 3.05) is 7.11 Å². The Bertz CT molecular complexity index is 1110. The van der Waals surface area contributed by atoms with Gasteiger partial charge in [0, 0.05) is 17.1 Å². The van der Waals surface area contributed by atoms with Crippen molar-refractivity contribution in [2.24, 2.45) is 0 Å². The summed E-state index contributed by atoms with van der Waals surface area (Å²) < 4.78 is 45.3. The molecule has 4 nitrogen and oxygen atoms in total. The van der Waals surface area contributed by atoms with Gasteiger partial charge in [-0.2, -0.15) is 18.2 Å². The Kier molecular flexibility index (Phi) is 6.12. The van der Waals surface area contributed by atoms with Gasteiger partial charge in [0.15, 0.2) is 5.82 Å². The van der Waals surface area contributed by atoms with Crippen LogP contribution >= 0.6 is 11.3 Å². The van der Waals surface area contributed by atoms with Crippen LogP contribution in [0.4, 0.5) is 13.2 Å². The molecule has 4 aromatic rings. The SMILES string of the molecule is CC.COc1nc(-c2ccccn2)nc2c(-c3cccc(C(F)(F)F)c3)csc12. The van der Waals surface area contributed by atoms with Gasteiger partial charge >= 0.3 is 6.18 Å². The van der Waals surface area contributed by atoms with Gasteiger partial charge in [0.25, 0.3) is 0 Å². The standard InChI is InChI=1S/C19H12F3N3OS.C2H6/c1-26-18-16-15(24-17(25-18)14-7-2-3-8-23-14)13(10-27-16)11-5-4-6-12(9-11)19(20,21)22;1-2/h2-10H,1H3;1-2H3. The molecule has 3 aromatic heterocycles. The van der Waals surface area contributed by atoms with Gasteiger partial charge in [0.1, 0.15) is 10.4 Å². The van der Waals surface area contributed by atoms with Crippen LogP contribution < -0.4 is 4.74 Å². The third-order valence-corrected chi connectivity index (χ3v) is 4.93. The molecule has 0 spiro atoms. The predicted molar refractivity (Wildman–Crippen MR) is 109 cm³/mol. The van der Waals surface area contributed by atoms with Crippen LogP contribution in [-0.2, 0) is 6.18 Å². The Labute approximate surface area is 170 Å². The molecule has 0 aliphatic heterocycles. The highest BCUT2D eigenvalue weighted by Gasteiger charge is 2.30. The van der Waals surface area contributed by atoms with Crippen LogP contribution in [0.1, 0.15) is 19.4 Å². The summed E-state index contributed by atoms with van der Waals surface area (Å²) in [5.41, 5.74) is 1.42. The number of fused-ring (bicyclic) bond motifs is 1. The van der Waals surface area contributed by atoms with Crippen molar-refractivity contribution < 1.29 is 17.9 Å². The second-order valence-corrected chi connectivity index (χ2v) is 6.56. The number of hydrogen-bond acceptors (Lipinski definition) is 5. The number of methoxy groups -OCH3 is 1. The molecular formula is C21H18F3N3OS. The summed E-state index contributed by atoms with van der Waals surface area (Å²) in [5.74, 6) is 0.718. The van der Waals surface area contributed by atoms with Gasteiger partial charge in [-0.15, -0.1) is 11.3 Å². The van der Waals surface area contributed by atoms with Crippen molar-refractivity contribution in [3.05, 3.63) is 59.6 Å². The van der Waals surface area contributed by atoms with Crippen molar-refractivity contribution in [3.8, 4) is 28.5 Å². The molecule has 0 bridgehead atoms. The van der Waals surface area contributed by atoms with E-state index in [1.165, 1.54) is 24.5 Å². The number of alkyl halides is 3. The minimum Gasteiger partial charge on any atom is -0.480 e. The first kappa shape index (κ1) is 20.7. The summed E-state index contributed by atoms with van der Waals surface area (Å²) in [7, 11) is 1.49. The van der Waals surface area contributed by atoms with E-state index in [1.807, 2.05) is 19.9 Å². The summed E-state index contributed by atoms with van der Waals surface area (Å²) in [6, 6.07) is 10.5. The third kappa shape index (κ3) is 4.22. The molecule has 0 radical (unpaired) electrons. The number of aromatic nitrogens is 3. The number of halogens is 3. The predicted octanol–water partition coefficient (Wildman–Crippen LogP) is 6.47. The summed E-state index contributed by atoms with van der Waals surface area (Å²) in [6.45, 7) is 4.00. The molecule has 0 fully saturated rings. The van der Waals surface area contributed by atoms with E-state index in [4.69, 9.17) is 4.74 Å². The lowest BCUT2D eigenvalue weighted by atomic mass is 10.0. The molecule has 150 valence electrons. The van der Waals surface area contributed by atoms with Gasteiger partial charge in [-0.05, 0) is 29.8 Å². The average molecular weight is 417 g/mol. The fourth-order valence-corrected chi connectivity index (χ4v) is 3.69. The molecule has 0 aliphatic rings. The number of ether oxygens (including phenoxy) is 1. The van der Waals surface area contributed by atoms with E-state index < -0.39 is 11.7 Å². The van der Waals surface area contributed by atoms with Crippen LogP contribution in [0.3, 0.4) is 0 Å². The monoisotopic (exact) mass is 417 g/mol. The van der Waals surface area contributed by atoms with Crippen LogP contribution in [0.15, 0.2) is 54.0 Å². The maximum Gasteiger partial charge on any atom is 0.416 e. The van der Waals surface area contributed by atoms with Crippen molar-refractivity contribution in [2.45, 2.75) is 20.0 Å². The molecule has 0 atom stereocenters. The average Bonchev–Trinajstić information content (AvgIpc) is 3.19. The third-order valence-electron chi connectivity index (χ3n) is 3.97. The molecular weight excluding hydrogens is 399 g/mol. The second-order valence-electron chi connectivity index (χ2n) is 5.68. The van der Waals surface area contributed by atoms with Gasteiger partial charge in [0.05, 0.1) is 18.2 Å². The van der Waals surface area contributed by atoms with Gasteiger partial charge < -0.3 is 4.74 Å². The Morgan fingerprint density at radius 3 is 2.45 bits per heavy atom. The molecule has 3 heterocycles. The largest absolute Gasteiger partial charge is 0.480 e. The van der Waals surface area contributed by atoms with E-state index in [-0.39, 0.29) is 0 Å². The summed E-state index contributed by atoms with van der Waals surface area (Å²) in [4.78, 5) is 13.2. The highest BCUT2D eigenvalue weighted by atomic mass is 32.1. The number of thiophene rings is 1. The first-order chi connectivity index (χ1) is 14.0. The molecule has 0 aliphatic carbocycles. The number of hydrogen-bond donors (Lipinski definition) is 0. The van der Waals surface area contributed by atoms with Crippen molar-refractivity contribution in [3.63, 3.8) is 0 Å². The highest BCUT2D eigenvalue weighted by Crippen LogP contribution is 2.39. The molecule has 0 saturated carbocycles. The normalized spacial score (nSPS) is 11.1. The van der Waals surface area contributed by atoms with Gasteiger partial charge in [-0.1, -0.05) is 32.0 Å². The smallest absolute Gasteiger partial charge is 0.416 e. The van der Waals surface area contributed by atoms with E-state index in [1.54, 1.807) is 29.8 Å². The van der Waals surface area contributed by atoms with E-state index in [0.29, 0.717) is 38.7 Å². The Balaban J connectivity index is 0.00000117. The topological polar surface area (TPSA) is 47.9 Å². The second kappa shape index (κ2) is 8.57. The number of rotatable bonds is 3. The van der Waals surface area contributed by atoms with Crippen LogP contribution in [0, 0.1) is 0 Å². The number of pyridine rings is 1. The zero-order valence-electron chi connectivity index (χ0n) is 16.0. The molecule has 0 unspecified atom stereocenters. The van der Waals surface area contributed by atoms with Crippen molar-refractivity contribution in [1.82, 2.24) is 15.0 Å². The maximum absolute atomic E-state index is 13.1. The lowest BCUT2D eigenvalue weighted by Gasteiger charge is -2.09. The number of nitrogens with zero attached hydrogens (tertiary/aromatic N) is 3. The van der Waals surface area contributed by atoms with Crippen molar-refractivity contribution in [1.29, 1.82) is 0 Å². The number of benzene rings is 1. The van der Waals surface area contributed by atoms with Crippen LogP contribution in [0.5, 0.6) is 5.88 Å². The molecule has 1 aromatic carbocycles. The summed E-state index contributed by atoms with van der Waals surface area (Å²) >= 11 is 1.33. The van der Waals surface area contributed by atoms with Gasteiger partial charge in [-0.25, -0.2) is 4.98 Å². The Morgan fingerprint density at radius 2 is 1.79 bits per heavy atom. The molecule has 0 saturated heterocycles. The van der Waals surface area contributed by atoms with E-state index in [0.717, 1.165) is 12.1 Å². The molecule has 29 heavy (non-hydrogen) atoms. The zero-order chi connectivity index (χ0) is 21.0. The Morgan fingerprint density at radius 1 is 1.00 bits per heavy atom. The lowest BCUT2D eigenvalue weighted by Crippen LogP contribution is -2.04. The van der Waals surface area contributed by atoms with Gasteiger partial charge in [0.2, 0.25) is 5.88 Å². The maximum atomic E-state index is 13.1. The van der Waals surface area contributed by atoms with Crippen LogP contribution in [0.2, 0.25) is 0 Å². The van der Waals surface area contributed by atoms with E-state index >= 15 is 0 Å². The minimum atomic E-state index is -4.41. The highest BCUT2D eigenvalue weighted by molar-refractivity contribution is 7.18. The Hall–Kier alpha value is -3.00. The first-order valence-corrected chi connectivity index (χ1v) is 9.77. The lowest BCUT2D eigenvalue weighted by molar-refractivity contribution is -0.137. The summed E-state index contributed by atoms with van der Waals surface area (Å²) in [6.07, 6.45) is -2.79. The van der Waals surface area contributed by atoms with E-state index in [2.05, 4.69) is 15.0 Å². The first-order valence-electron chi connectivity index (χ1n) is 8.89. The molecule has 0 amide bonds. The molecule has 8 heteroatoms. The fraction of sp³-hybridized carbons (Fsp3) is 0.190. The summed E-state index contributed by atoms with van der Waals surface area (Å²) in [5, 5.41) is 1.76. The quantitative estimate of drug-likeness (QED) is 0.383. The van der Waals surface area contributed by atoms with Crippen molar-refractivity contribution >= 4 is 21.6 Å². The van der Waals surface area contributed by atoms with E-state index in [9.17, 15) is 13.2 Å². The molecule has 4 rings (SSSR count). The molecule has 0 N–H and O–H groups in total.